The summed E-state index contributed by atoms with van der Waals surface area (Å²) < 4.78 is 13.6. The Morgan fingerprint density at radius 1 is 0.500 bits per heavy atom. The second kappa shape index (κ2) is 8.95. The highest BCUT2D eigenvalue weighted by Crippen LogP contribution is 2.44. The molecule has 0 amide bonds. The molecule has 0 aromatic carbocycles. The lowest BCUT2D eigenvalue weighted by molar-refractivity contribution is -0.170. The lowest BCUT2D eigenvalue weighted by Crippen LogP contribution is -2.46. The third-order valence-corrected chi connectivity index (χ3v) is 8.21. The Balaban J connectivity index is 1.37. The van der Waals surface area contributed by atoms with Crippen LogP contribution in [0, 0.1) is 23.7 Å². The Kier molecular flexibility index (Phi) is 6.62. The van der Waals surface area contributed by atoms with Crippen LogP contribution >= 0.6 is 0 Å². The second-order valence-electron chi connectivity index (χ2n) is 10.4. The molecule has 0 heterocycles. The van der Waals surface area contributed by atoms with Crippen molar-refractivity contribution in [3.63, 3.8) is 0 Å². The van der Waals surface area contributed by atoms with Gasteiger partial charge in [-0.15, -0.1) is 0 Å². The summed E-state index contributed by atoms with van der Waals surface area (Å²) in [5, 5.41) is 0. The predicted molar refractivity (Wildman–Crippen MR) is 107 cm³/mol. The first-order chi connectivity index (χ1) is 12.7. The van der Waals surface area contributed by atoms with Crippen molar-refractivity contribution in [1.29, 1.82) is 0 Å². The smallest absolute Gasteiger partial charge is 0.0843 e. The van der Waals surface area contributed by atoms with Gasteiger partial charge in [0, 0.05) is 0 Å². The maximum absolute atomic E-state index is 6.78. The molecule has 0 saturated heterocycles. The van der Waals surface area contributed by atoms with Gasteiger partial charge in [-0.2, -0.15) is 0 Å². The predicted octanol–water partition coefficient (Wildman–Crippen LogP) is 6.51. The van der Waals surface area contributed by atoms with Gasteiger partial charge in [0.25, 0.3) is 0 Å². The summed E-state index contributed by atoms with van der Waals surface area (Å²) in [7, 11) is 0. The van der Waals surface area contributed by atoms with Crippen molar-refractivity contribution in [2.45, 2.75) is 128 Å². The molecule has 4 fully saturated rings. The fraction of sp³-hybridized carbons (Fsp3) is 1.00. The van der Waals surface area contributed by atoms with Crippen molar-refractivity contribution < 1.29 is 9.47 Å². The molecule has 150 valence electrons. The molecule has 2 nitrogen and oxygen atoms in total. The molecule has 26 heavy (non-hydrogen) atoms. The van der Waals surface area contributed by atoms with E-state index in [-0.39, 0.29) is 0 Å². The largest absolute Gasteiger partial charge is 0.372 e. The van der Waals surface area contributed by atoms with Crippen LogP contribution in [0.15, 0.2) is 0 Å². The summed E-state index contributed by atoms with van der Waals surface area (Å²) in [5.41, 5.74) is 0. The maximum Gasteiger partial charge on any atom is 0.0843 e. The molecule has 0 radical (unpaired) electrons. The van der Waals surface area contributed by atoms with Crippen molar-refractivity contribution in [2.24, 2.45) is 23.7 Å². The second-order valence-corrected chi connectivity index (χ2v) is 10.4. The van der Waals surface area contributed by atoms with Gasteiger partial charge < -0.3 is 9.47 Å². The van der Waals surface area contributed by atoms with E-state index >= 15 is 0 Å². The minimum Gasteiger partial charge on any atom is -0.372 e. The minimum atomic E-state index is 0.382. The molecule has 0 bridgehead atoms. The van der Waals surface area contributed by atoms with Gasteiger partial charge in [0.15, 0.2) is 0 Å². The Hall–Kier alpha value is -0.0800. The van der Waals surface area contributed by atoms with Crippen LogP contribution in [-0.2, 0) is 9.47 Å². The maximum atomic E-state index is 6.78. The minimum absolute atomic E-state index is 0.382. The first-order valence-corrected chi connectivity index (χ1v) is 12.0. The Morgan fingerprint density at radius 2 is 0.885 bits per heavy atom. The van der Waals surface area contributed by atoms with E-state index in [9.17, 15) is 0 Å². The van der Waals surface area contributed by atoms with Gasteiger partial charge in [-0.05, 0) is 87.9 Å². The highest BCUT2D eigenvalue weighted by Gasteiger charge is 2.41. The molecule has 4 saturated carbocycles. The molecule has 0 aromatic heterocycles. The van der Waals surface area contributed by atoms with E-state index in [0.717, 1.165) is 23.7 Å². The van der Waals surface area contributed by atoms with Crippen LogP contribution in [0.3, 0.4) is 0 Å². The number of hydrogen-bond donors (Lipinski definition) is 0. The third kappa shape index (κ3) is 4.85. The summed E-state index contributed by atoms with van der Waals surface area (Å²) in [6.07, 6.45) is 20.7. The zero-order chi connectivity index (χ0) is 17.9. The van der Waals surface area contributed by atoms with Gasteiger partial charge in [-0.25, -0.2) is 0 Å². The Morgan fingerprint density at radius 3 is 1.27 bits per heavy atom. The van der Waals surface area contributed by atoms with Gasteiger partial charge in [-0.3, -0.25) is 0 Å². The molecule has 0 spiro atoms. The SMILES string of the molecule is CC1CCC(OC2CC3CCCCC3CC2OC2CCC(C)CC2)CC1. The van der Waals surface area contributed by atoms with Crippen molar-refractivity contribution in [1.82, 2.24) is 0 Å². The van der Waals surface area contributed by atoms with Crippen molar-refractivity contribution in [2.75, 3.05) is 0 Å². The summed E-state index contributed by atoms with van der Waals surface area (Å²) >= 11 is 0. The number of hydrogen-bond acceptors (Lipinski definition) is 2. The third-order valence-electron chi connectivity index (χ3n) is 8.21. The van der Waals surface area contributed by atoms with E-state index in [1.54, 1.807) is 0 Å². The van der Waals surface area contributed by atoms with Crippen LogP contribution in [-0.4, -0.2) is 24.4 Å². The lowest BCUT2D eigenvalue weighted by Gasteiger charge is -2.46. The van der Waals surface area contributed by atoms with Crippen LogP contribution in [0.2, 0.25) is 0 Å². The molecule has 4 aliphatic carbocycles. The van der Waals surface area contributed by atoms with Crippen molar-refractivity contribution in [3.8, 4) is 0 Å². The average Bonchev–Trinajstić information content (AvgIpc) is 2.66. The Bertz CT molecular complexity index is 380. The zero-order valence-electron chi connectivity index (χ0n) is 17.3. The summed E-state index contributed by atoms with van der Waals surface area (Å²) in [6.45, 7) is 4.80. The number of rotatable bonds is 4. The van der Waals surface area contributed by atoms with E-state index in [1.807, 2.05) is 0 Å². The van der Waals surface area contributed by atoms with Gasteiger partial charge in [-0.1, -0.05) is 39.5 Å². The summed E-state index contributed by atoms with van der Waals surface area (Å²) in [4.78, 5) is 0. The highest BCUT2D eigenvalue weighted by molar-refractivity contribution is 4.91. The van der Waals surface area contributed by atoms with Crippen LogP contribution in [0.4, 0.5) is 0 Å². The van der Waals surface area contributed by atoms with Crippen LogP contribution in [0.1, 0.15) is 104 Å². The average molecular weight is 363 g/mol. The molecule has 4 rings (SSSR count). The van der Waals surface area contributed by atoms with E-state index in [4.69, 9.17) is 9.47 Å². The molecule has 0 N–H and O–H groups in total. The van der Waals surface area contributed by atoms with Crippen LogP contribution in [0.5, 0.6) is 0 Å². The molecule has 4 atom stereocenters. The standard InChI is InChI=1S/C24H42O2/c1-17-7-11-21(12-8-17)25-23-15-19-5-3-4-6-20(19)16-24(23)26-22-13-9-18(2)10-14-22/h17-24H,3-16H2,1-2H3. The molecular weight excluding hydrogens is 320 g/mol. The topological polar surface area (TPSA) is 18.5 Å². The van der Waals surface area contributed by atoms with Gasteiger partial charge >= 0.3 is 0 Å². The highest BCUT2D eigenvalue weighted by atomic mass is 16.6. The summed E-state index contributed by atoms with van der Waals surface area (Å²) in [6, 6.07) is 0. The van der Waals surface area contributed by atoms with E-state index in [0.29, 0.717) is 24.4 Å². The molecule has 4 aliphatic rings. The van der Waals surface area contributed by atoms with Gasteiger partial charge in [0.2, 0.25) is 0 Å². The van der Waals surface area contributed by atoms with E-state index in [2.05, 4.69) is 13.8 Å². The molecule has 0 aliphatic heterocycles. The fourth-order valence-corrected chi connectivity index (χ4v) is 6.32. The van der Waals surface area contributed by atoms with E-state index in [1.165, 1.54) is 89.9 Å². The lowest BCUT2D eigenvalue weighted by atomic mass is 9.69. The first kappa shape index (κ1) is 19.2. The van der Waals surface area contributed by atoms with Gasteiger partial charge in [0.1, 0.15) is 0 Å². The van der Waals surface area contributed by atoms with Gasteiger partial charge in [0.05, 0.1) is 24.4 Å². The monoisotopic (exact) mass is 362 g/mol. The Labute approximate surface area is 161 Å². The molecule has 2 heteroatoms. The quantitative estimate of drug-likeness (QED) is 0.567. The molecule has 0 aromatic rings. The molecule has 4 unspecified atom stereocenters. The normalized spacial score (nSPS) is 47.3. The van der Waals surface area contributed by atoms with Crippen molar-refractivity contribution >= 4 is 0 Å². The zero-order valence-corrected chi connectivity index (χ0v) is 17.3. The van der Waals surface area contributed by atoms with E-state index < -0.39 is 0 Å². The molecular formula is C24H42O2. The van der Waals surface area contributed by atoms with Crippen molar-refractivity contribution in [3.05, 3.63) is 0 Å². The fourth-order valence-electron chi connectivity index (χ4n) is 6.32. The first-order valence-electron chi connectivity index (χ1n) is 12.0. The summed E-state index contributed by atoms with van der Waals surface area (Å²) in [5.74, 6) is 3.64. The van der Waals surface area contributed by atoms with Crippen LogP contribution in [0.25, 0.3) is 0 Å². The van der Waals surface area contributed by atoms with Crippen LogP contribution < -0.4 is 0 Å². The number of ether oxygens (including phenoxy) is 2. The number of fused-ring (bicyclic) bond motifs is 1.